The van der Waals surface area contributed by atoms with Crippen molar-refractivity contribution in [2.24, 2.45) is 0 Å². The molecule has 0 saturated carbocycles. The smallest absolute Gasteiger partial charge is 0.462 e. The van der Waals surface area contributed by atoms with Gasteiger partial charge in [0.15, 0.2) is 6.10 Å². The third-order valence-electron chi connectivity index (χ3n) is 18.3. The van der Waals surface area contributed by atoms with Gasteiger partial charge >= 0.3 is 19.8 Å². The Labute approximate surface area is 573 Å². The van der Waals surface area contributed by atoms with Crippen molar-refractivity contribution in [3.63, 3.8) is 0 Å². The van der Waals surface area contributed by atoms with Crippen LogP contribution in [0.5, 0.6) is 0 Å². The minimum Gasteiger partial charge on any atom is -0.462 e. The first-order valence-corrected chi connectivity index (χ1v) is 41.9. The number of carbonyl (C=O) groups excluding carboxylic acids is 2. The van der Waals surface area contributed by atoms with Crippen LogP contribution < -0.4 is 0 Å². The number of phosphoric ester groups is 1. The SMILES string of the molecule is CCCCCCC/C=C\C/C=C\C/C=C\CCCCCCCCCCCCCCCCCCCCCCCCC(=O)OC(COC(=O)CCCCCCCCCCCCCCCCCCCCC/C=C\CCCCCCCCCC)COP(=O)(O)OCC[N+](C)(C)C. The summed E-state index contributed by atoms with van der Waals surface area (Å²) in [5.74, 6) is -0.773. The van der Waals surface area contributed by atoms with E-state index in [4.69, 9.17) is 18.5 Å². The van der Waals surface area contributed by atoms with Gasteiger partial charge in [0.25, 0.3) is 0 Å². The fraction of sp³-hybridized carbons (Fsp3) is 0.878. The maximum atomic E-state index is 12.9. The lowest BCUT2D eigenvalue weighted by molar-refractivity contribution is -0.870. The van der Waals surface area contributed by atoms with Gasteiger partial charge in [0, 0.05) is 12.8 Å². The molecule has 92 heavy (non-hydrogen) atoms. The Balaban J connectivity index is 3.91. The van der Waals surface area contributed by atoms with Gasteiger partial charge in [0.1, 0.15) is 19.8 Å². The van der Waals surface area contributed by atoms with E-state index in [1.54, 1.807) is 0 Å². The average Bonchev–Trinajstić information content (AvgIpc) is 2.34. The summed E-state index contributed by atoms with van der Waals surface area (Å²) in [5, 5.41) is 0. The Morgan fingerprint density at radius 1 is 0.337 bits per heavy atom. The number of allylic oxidation sites excluding steroid dienone is 8. The Bertz CT molecular complexity index is 1690. The zero-order valence-electron chi connectivity index (χ0n) is 62.1. The number of hydrogen-bond acceptors (Lipinski definition) is 7. The van der Waals surface area contributed by atoms with Crippen molar-refractivity contribution in [3.8, 4) is 0 Å². The number of carbonyl (C=O) groups is 2. The third kappa shape index (κ3) is 77.0. The topological polar surface area (TPSA) is 108 Å². The average molecular weight is 1320 g/mol. The summed E-state index contributed by atoms with van der Waals surface area (Å²) >= 11 is 0. The van der Waals surface area contributed by atoms with Crippen molar-refractivity contribution in [3.05, 3.63) is 48.6 Å². The molecule has 0 aliphatic rings. The zero-order chi connectivity index (χ0) is 66.9. The molecule has 2 unspecified atom stereocenters. The predicted octanol–water partition coefficient (Wildman–Crippen LogP) is 26.7. The molecule has 0 saturated heterocycles. The summed E-state index contributed by atoms with van der Waals surface area (Å²) < 4.78 is 34.8. The van der Waals surface area contributed by atoms with Crippen molar-refractivity contribution < 1.29 is 42.1 Å². The lowest BCUT2D eigenvalue weighted by Crippen LogP contribution is -2.37. The van der Waals surface area contributed by atoms with Crippen LogP contribution in [-0.4, -0.2) is 74.9 Å². The molecule has 0 amide bonds. The highest BCUT2D eigenvalue weighted by Crippen LogP contribution is 2.43. The minimum atomic E-state index is -4.39. The molecule has 2 atom stereocenters. The normalized spacial score (nSPS) is 13.2. The van der Waals surface area contributed by atoms with Gasteiger partial charge in [0.05, 0.1) is 27.7 Å². The van der Waals surface area contributed by atoms with E-state index in [0.29, 0.717) is 23.9 Å². The van der Waals surface area contributed by atoms with Crippen LogP contribution in [-0.2, 0) is 32.7 Å². The van der Waals surface area contributed by atoms with Gasteiger partial charge in [0.2, 0.25) is 0 Å². The van der Waals surface area contributed by atoms with Crippen LogP contribution in [0.1, 0.15) is 412 Å². The van der Waals surface area contributed by atoms with Crippen LogP contribution in [0.15, 0.2) is 48.6 Å². The number of esters is 2. The maximum Gasteiger partial charge on any atom is 0.472 e. The lowest BCUT2D eigenvalue weighted by Gasteiger charge is -2.24. The molecule has 0 bridgehead atoms. The van der Waals surface area contributed by atoms with Gasteiger partial charge in [-0.15, -0.1) is 0 Å². The zero-order valence-corrected chi connectivity index (χ0v) is 63.0. The van der Waals surface area contributed by atoms with Crippen molar-refractivity contribution in [1.82, 2.24) is 0 Å². The first-order chi connectivity index (χ1) is 45.0. The third-order valence-corrected chi connectivity index (χ3v) is 19.3. The van der Waals surface area contributed by atoms with Crippen molar-refractivity contribution in [2.75, 3.05) is 47.5 Å². The number of ether oxygens (including phenoxy) is 2. The van der Waals surface area contributed by atoms with Crippen LogP contribution in [0.4, 0.5) is 0 Å². The summed E-state index contributed by atoms with van der Waals surface area (Å²) in [6.45, 7) is 4.50. The molecule has 10 heteroatoms. The number of likely N-dealkylation sites (N-methyl/N-ethyl adjacent to an activating group) is 1. The summed E-state index contributed by atoms with van der Waals surface area (Å²) in [5.41, 5.74) is 0. The Kier molecular flexibility index (Phi) is 71.6. The first kappa shape index (κ1) is 90.0. The summed E-state index contributed by atoms with van der Waals surface area (Å²) in [7, 11) is 1.50. The lowest BCUT2D eigenvalue weighted by atomic mass is 10.0. The number of nitrogens with zero attached hydrogens (tertiary/aromatic N) is 1. The monoisotopic (exact) mass is 1320 g/mol. The van der Waals surface area contributed by atoms with Gasteiger partial charge in [-0.3, -0.25) is 18.6 Å². The molecule has 0 aromatic rings. The molecular formula is C82H157NO8P+. The van der Waals surface area contributed by atoms with Gasteiger partial charge in [-0.1, -0.05) is 371 Å². The van der Waals surface area contributed by atoms with Crippen molar-refractivity contribution in [1.29, 1.82) is 0 Å². The van der Waals surface area contributed by atoms with E-state index >= 15 is 0 Å². The fourth-order valence-electron chi connectivity index (χ4n) is 12.1. The molecule has 0 aliphatic carbocycles. The van der Waals surface area contributed by atoms with Crippen molar-refractivity contribution in [2.45, 2.75) is 418 Å². The molecule has 0 aliphatic heterocycles. The van der Waals surface area contributed by atoms with E-state index in [2.05, 4.69) is 62.5 Å². The molecular weight excluding hydrogens is 1160 g/mol. The van der Waals surface area contributed by atoms with Crippen LogP contribution in [0.3, 0.4) is 0 Å². The second kappa shape index (κ2) is 73.2. The Morgan fingerprint density at radius 2 is 0.587 bits per heavy atom. The highest BCUT2D eigenvalue weighted by Gasteiger charge is 2.27. The molecule has 542 valence electrons. The second-order valence-corrected chi connectivity index (χ2v) is 30.3. The standard InChI is InChI=1S/C82H156NO8P/c1-6-8-10-12-14-16-18-20-22-24-26-28-30-32-34-36-38-39-40-41-42-43-45-47-49-51-53-55-57-59-61-63-65-67-69-71-73-75-82(85)91-80(79-90-92(86,87)89-77-76-83(3,4)5)78-88-81(84)74-72-70-68-66-64-62-60-58-56-54-52-50-48-46-44-37-35-33-31-29-27-25-23-21-19-17-15-13-11-9-7-2/h18,20,24-27,30,32,80H,6-17,19,21-23,28-29,31,33-79H2,1-5H3/p+1/b20-18-,26-24-,27-25-,32-30-. The summed E-state index contributed by atoms with van der Waals surface area (Å²) in [6.07, 6.45) is 96.9. The number of unbranched alkanes of at least 4 members (excludes halogenated alkanes) is 54. The largest absolute Gasteiger partial charge is 0.472 e. The molecule has 1 N–H and O–H groups in total. The van der Waals surface area contributed by atoms with Gasteiger partial charge in [-0.2, -0.15) is 0 Å². The molecule has 0 radical (unpaired) electrons. The molecule has 9 nitrogen and oxygen atoms in total. The molecule has 0 fully saturated rings. The highest BCUT2D eigenvalue weighted by molar-refractivity contribution is 7.47. The van der Waals surface area contributed by atoms with Crippen LogP contribution in [0.25, 0.3) is 0 Å². The molecule has 0 aromatic carbocycles. The van der Waals surface area contributed by atoms with Gasteiger partial charge < -0.3 is 18.9 Å². The fourth-order valence-corrected chi connectivity index (χ4v) is 12.9. The number of rotatable bonds is 76. The van der Waals surface area contributed by atoms with E-state index in [9.17, 15) is 19.0 Å². The van der Waals surface area contributed by atoms with Crippen LogP contribution in [0, 0.1) is 0 Å². The molecule has 0 aromatic heterocycles. The quantitative estimate of drug-likeness (QED) is 0.0211. The number of hydrogen-bond donors (Lipinski definition) is 1. The number of phosphoric acid groups is 1. The van der Waals surface area contributed by atoms with E-state index in [-0.39, 0.29) is 25.6 Å². The van der Waals surface area contributed by atoms with E-state index < -0.39 is 26.5 Å². The van der Waals surface area contributed by atoms with E-state index in [1.165, 1.54) is 334 Å². The van der Waals surface area contributed by atoms with Gasteiger partial charge in [-0.05, 0) is 77.0 Å². The van der Waals surface area contributed by atoms with Crippen molar-refractivity contribution >= 4 is 19.8 Å². The Hall–Kier alpha value is -2.03. The predicted molar refractivity (Wildman–Crippen MR) is 400 cm³/mol. The molecule has 0 heterocycles. The van der Waals surface area contributed by atoms with E-state index in [0.717, 1.165) is 44.9 Å². The van der Waals surface area contributed by atoms with E-state index in [1.807, 2.05) is 21.1 Å². The molecule has 0 spiro atoms. The Morgan fingerprint density at radius 3 is 0.880 bits per heavy atom. The minimum absolute atomic E-state index is 0.0346. The first-order valence-electron chi connectivity index (χ1n) is 40.4. The highest BCUT2D eigenvalue weighted by atomic mass is 31.2. The van der Waals surface area contributed by atoms with Crippen LogP contribution >= 0.6 is 7.82 Å². The summed E-state index contributed by atoms with van der Waals surface area (Å²) in [4.78, 5) is 36.0. The summed E-state index contributed by atoms with van der Waals surface area (Å²) in [6, 6.07) is 0. The molecule has 0 rings (SSSR count). The van der Waals surface area contributed by atoms with Crippen LogP contribution in [0.2, 0.25) is 0 Å². The second-order valence-electron chi connectivity index (χ2n) is 28.8. The number of quaternary nitrogens is 1. The van der Waals surface area contributed by atoms with Gasteiger partial charge in [-0.25, -0.2) is 4.57 Å². The maximum absolute atomic E-state index is 12.9.